The second-order valence-electron chi connectivity index (χ2n) is 8.27. The van der Waals surface area contributed by atoms with Crippen LogP contribution < -0.4 is 20.7 Å². The molecule has 1 aromatic carbocycles. The zero-order chi connectivity index (χ0) is 20.9. The number of hydrogen-bond acceptors (Lipinski definition) is 4. The van der Waals surface area contributed by atoms with Crippen molar-refractivity contribution in [2.45, 2.75) is 52.8 Å². The summed E-state index contributed by atoms with van der Waals surface area (Å²) >= 11 is 0. The number of rotatable bonds is 8. The molecule has 7 nitrogen and oxygen atoms in total. The Kier molecular flexibility index (Phi) is 9.21. The highest BCUT2D eigenvalue weighted by Gasteiger charge is 2.59. The van der Waals surface area contributed by atoms with E-state index < -0.39 is 0 Å². The van der Waals surface area contributed by atoms with E-state index in [0.29, 0.717) is 36.9 Å². The third-order valence-corrected chi connectivity index (χ3v) is 5.80. The Bertz CT molecular complexity index is 741. The fourth-order valence-corrected chi connectivity index (χ4v) is 4.39. The first kappa shape index (κ1) is 24.7. The zero-order valence-corrected chi connectivity index (χ0v) is 20.7. The third-order valence-electron chi connectivity index (χ3n) is 5.80. The molecule has 1 aliphatic heterocycles. The number of benzene rings is 1. The zero-order valence-electron chi connectivity index (χ0n) is 18.4. The summed E-state index contributed by atoms with van der Waals surface area (Å²) in [5.74, 6) is 1.93. The molecule has 0 spiro atoms. The van der Waals surface area contributed by atoms with Crippen molar-refractivity contribution in [1.29, 1.82) is 0 Å². The Morgan fingerprint density at radius 3 is 2.77 bits per heavy atom. The van der Waals surface area contributed by atoms with Gasteiger partial charge in [0.15, 0.2) is 12.6 Å². The predicted molar refractivity (Wildman–Crippen MR) is 129 cm³/mol. The number of amides is 1. The molecule has 3 atom stereocenters. The van der Waals surface area contributed by atoms with Crippen LogP contribution in [0.3, 0.4) is 0 Å². The predicted octanol–water partition coefficient (Wildman–Crippen LogP) is 2.69. The topological polar surface area (TPSA) is 84.0 Å². The Morgan fingerprint density at radius 2 is 2.03 bits per heavy atom. The summed E-state index contributed by atoms with van der Waals surface area (Å²) in [6.07, 6.45) is 1.46. The van der Waals surface area contributed by atoms with Crippen LogP contribution in [-0.4, -0.2) is 50.3 Å². The molecule has 0 aromatic heterocycles. The van der Waals surface area contributed by atoms with Crippen LogP contribution in [0.5, 0.6) is 5.75 Å². The van der Waals surface area contributed by atoms with Gasteiger partial charge in [-0.25, -0.2) is 4.99 Å². The molecule has 1 aromatic rings. The smallest absolute Gasteiger partial charge is 0.257 e. The summed E-state index contributed by atoms with van der Waals surface area (Å²) < 4.78 is 11.5. The van der Waals surface area contributed by atoms with Gasteiger partial charge < -0.3 is 25.4 Å². The molecular weight excluding hydrogens is 495 g/mol. The number of guanidine groups is 1. The molecule has 30 heavy (non-hydrogen) atoms. The Labute approximate surface area is 196 Å². The van der Waals surface area contributed by atoms with Gasteiger partial charge in [-0.3, -0.25) is 4.79 Å². The number of nitrogens with zero attached hydrogens (tertiary/aromatic N) is 1. The van der Waals surface area contributed by atoms with Gasteiger partial charge in [-0.15, -0.1) is 24.0 Å². The maximum atomic E-state index is 11.6. The van der Waals surface area contributed by atoms with Crippen molar-refractivity contribution in [2.24, 2.45) is 16.3 Å². The summed E-state index contributed by atoms with van der Waals surface area (Å²) in [7, 11) is 0. The van der Waals surface area contributed by atoms with Crippen molar-refractivity contribution >= 4 is 35.8 Å². The van der Waals surface area contributed by atoms with E-state index in [4.69, 9.17) is 14.5 Å². The van der Waals surface area contributed by atoms with Crippen molar-refractivity contribution in [1.82, 2.24) is 16.0 Å². The number of carbonyl (C=O) groups excluding carboxylic acids is 1. The minimum absolute atomic E-state index is 0. The molecular formula is C22H35IN4O3. The Hall–Kier alpha value is -1.55. The van der Waals surface area contributed by atoms with E-state index in [0.717, 1.165) is 31.1 Å². The van der Waals surface area contributed by atoms with E-state index in [2.05, 4.69) is 36.7 Å². The van der Waals surface area contributed by atoms with Gasteiger partial charge in [0.25, 0.3) is 5.91 Å². The first-order valence-corrected chi connectivity index (χ1v) is 10.6. The average Bonchev–Trinajstić information content (AvgIpc) is 3.16. The molecule has 0 bridgehead atoms. The van der Waals surface area contributed by atoms with Crippen LogP contribution in [0.15, 0.2) is 29.3 Å². The summed E-state index contributed by atoms with van der Waals surface area (Å²) in [4.78, 5) is 16.3. The van der Waals surface area contributed by atoms with Crippen LogP contribution in [0, 0.1) is 11.3 Å². The number of hydrogen-bond donors (Lipinski definition) is 3. The van der Waals surface area contributed by atoms with Gasteiger partial charge in [-0.2, -0.15) is 0 Å². The van der Waals surface area contributed by atoms with E-state index >= 15 is 0 Å². The standard InChI is InChI=1S/C22H34N4O3.HI/c1-5-23-18(27)14-29-16-9-7-8-15(12-16)13-25-21(24-6-2)26-19-17-10-11-28-20(17)22(19,3)4;/h7-9,12,17,19-20H,5-6,10-11,13-14H2,1-4H3,(H,23,27)(H2,24,25,26);1H. The van der Waals surface area contributed by atoms with Crippen molar-refractivity contribution < 1.29 is 14.3 Å². The molecule has 3 unspecified atom stereocenters. The average molecular weight is 530 g/mol. The molecule has 2 aliphatic rings. The number of nitrogens with one attached hydrogen (secondary N) is 3. The van der Waals surface area contributed by atoms with E-state index in [1.807, 2.05) is 31.2 Å². The lowest BCUT2D eigenvalue weighted by Gasteiger charge is -2.54. The number of fused-ring (bicyclic) bond motifs is 1. The largest absolute Gasteiger partial charge is 0.484 e. The highest BCUT2D eigenvalue weighted by Crippen LogP contribution is 2.52. The van der Waals surface area contributed by atoms with E-state index in [1.54, 1.807) is 0 Å². The lowest BCUT2D eigenvalue weighted by Crippen LogP contribution is -2.67. The molecule has 1 aliphatic carbocycles. The normalized spacial score (nSPS) is 24.1. The highest BCUT2D eigenvalue weighted by atomic mass is 127. The van der Waals surface area contributed by atoms with Gasteiger partial charge in [0.05, 0.1) is 12.6 Å². The van der Waals surface area contributed by atoms with Crippen LogP contribution in [0.2, 0.25) is 0 Å². The van der Waals surface area contributed by atoms with Crippen LogP contribution in [0.4, 0.5) is 0 Å². The molecule has 1 saturated heterocycles. The second kappa shape index (κ2) is 11.2. The van der Waals surface area contributed by atoms with Crippen molar-refractivity contribution in [2.75, 3.05) is 26.3 Å². The summed E-state index contributed by atoms with van der Waals surface area (Å²) in [6, 6.07) is 8.08. The van der Waals surface area contributed by atoms with Gasteiger partial charge in [0.1, 0.15) is 5.75 Å². The molecule has 2 fully saturated rings. The van der Waals surface area contributed by atoms with Gasteiger partial charge in [0.2, 0.25) is 0 Å². The fraction of sp³-hybridized carbons (Fsp3) is 0.636. The maximum absolute atomic E-state index is 11.6. The molecule has 3 N–H and O–H groups in total. The number of carbonyl (C=O) groups is 1. The van der Waals surface area contributed by atoms with Crippen molar-refractivity contribution in [3.63, 3.8) is 0 Å². The second-order valence-corrected chi connectivity index (χ2v) is 8.27. The lowest BCUT2D eigenvalue weighted by atomic mass is 9.57. The first-order chi connectivity index (χ1) is 14.0. The van der Waals surface area contributed by atoms with E-state index in [1.165, 1.54) is 0 Å². The maximum Gasteiger partial charge on any atom is 0.257 e. The van der Waals surface area contributed by atoms with E-state index in [-0.39, 0.29) is 41.9 Å². The number of halogens is 1. The SMILES string of the molecule is CCNC(=O)COc1cccc(CN=C(NCC)NC2C3CCOC3C2(C)C)c1.I. The minimum Gasteiger partial charge on any atom is -0.484 e. The third kappa shape index (κ3) is 5.78. The molecule has 168 valence electrons. The van der Waals surface area contributed by atoms with Crippen molar-refractivity contribution in [3.8, 4) is 5.75 Å². The summed E-state index contributed by atoms with van der Waals surface area (Å²) in [6.45, 7) is 11.3. The number of aliphatic imine (C=N–C) groups is 1. The van der Waals surface area contributed by atoms with Crippen LogP contribution in [0.25, 0.3) is 0 Å². The molecule has 3 rings (SSSR count). The van der Waals surface area contributed by atoms with Gasteiger partial charge in [-0.1, -0.05) is 26.0 Å². The van der Waals surface area contributed by atoms with Crippen LogP contribution in [-0.2, 0) is 16.1 Å². The molecule has 0 radical (unpaired) electrons. The van der Waals surface area contributed by atoms with Crippen LogP contribution in [0.1, 0.15) is 39.7 Å². The Morgan fingerprint density at radius 1 is 1.27 bits per heavy atom. The quantitative estimate of drug-likeness (QED) is 0.274. The molecule has 1 heterocycles. The summed E-state index contributed by atoms with van der Waals surface area (Å²) in [5, 5.41) is 9.71. The minimum atomic E-state index is -0.119. The number of ether oxygens (including phenoxy) is 2. The highest BCUT2D eigenvalue weighted by molar-refractivity contribution is 14.0. The monoisotopic (exact) mass is 530 g/mol. The molecule has 8 heteroatoms. The van der Waals surface area contributed by atoms with E-state index in [9.17, 15) is 4.79 Å². The first-order valence-electron chi connectivity index (χ1n) is 10.6. The Balaban J connectivity index is 0.00000320. The van der Waals surface area contributed by atoms with Gasteiger partial charge >= 0.3 is 0 Å². The lowest BCUT2D eigenvalue weighted by molar-refractivity contribution is -0.122. The van der Waals surface area contributed by atoms with Crippen LogP contribution >= 0.6 is 24.0 Å². The van der Waals surface area contributed by atoms with Crippen molar-refractivity contribution in [3.05, 3.63) is 29.8 Å². The summed E-state index contributed by atoms with van der Waals surface area (Å²) in [5.41, 5.74) is 1.13. The molecule has 1 saturated carbocycles. The fourth-order valence-electron chi connectivity index (χ4n) is 4.39. The number of likely N-dealkylation sites (N-methyl/N-ethyl adjacent to an activating group) is 1. The molecule has 1 amide bonds. The van der Waals surface area contributed by atoms with Gasteiger partial charge in [0, 0.05) is 37.1 Å². The van der Waals surface area contributed by atoms with Gasteiger partial charge in [-0.05, 0) is 38.0 Å².